The lowest BCUT2D eigenvalue weighted by molar-refractivity contribution is -0.255. The molecule has 0 aliphatic rings. The number of carbonyl (C=O) groups is 1. The second-order valence-corrected chi connectivity index (χ2v) is 6.25. The third-order valence-corrected chi connectivity index (χ3v) is 4.44. The van der Waals surface area contributed by atoms with E-state index in [9.17, 15) is 18.3 Å². The minimum Gasteiger partial charge on any atom is -0.545 e. The number of nitrogens with one attached hydrogen (secondary N) is 1. The van der Waals surface area contributed by atoms with Gasteiger partial charge in [0.2, 0.25) is 10.0 Å². The zero-order valence-electron chi connectivity index (χ0n) is 11.8. The number of rotatable bonds is 6. The van der Waals surface area contributed by atoms with Gasteiger partial charge in [0.05, 0.1) is 18.0 Å². The van der Waals surface area contributed by atoms with Crippen LogP contribution in [0, 0.1) is 0 Å². The van der Waals surface area contributed by atoms with Crippen LogP contribution in [0.3, 0.4) is 0 Å². The highest BCUT2D eigenvalue weighted by atomic mass is 32.2. The molecular weight excluding hydrogens is 306 g/mol. The molecule has 0 bridgehead atoms. The second-order valence-electron chi connectivity index (χ2n) is 4.48. The molecule has 0 spiro atoms. The minimum atomic E-state index is -3.64. The van der Waals surface area contributed by atoms with Crippen molar-refractivity contribution in [1.82, 2.24) is 4.72 Å². The molecule has 0 atom stereocenters. The first-order valence-corrected chi connectivity index (χ1v) is 7.85. The smallest absolute Gasteiger partial charge is 0.240 e. The Hall–Kier alpha value is -2.38. The van der Waals surface area contributed by atoms with Gasteiger partial charge in [-0.15, -0.1) is 0 Å². The first kappa shape index (κ1) is 16.0. The first-order chi connectivity index (χ1) is 10.4. The summed E-state index contributed by atoms with van der Waals surface area (Å²) >= 11 is 0. The normalized spacial score (nSPS) is 11.1. The van der Waals surface area contributed by atoms with Crippen molar-refractivity contribution in [2.24, 2.45) is 0 Å². The summed E-state index contributed by atoms with van der Waals surface area (Å²) < 4.78 is 31.7. The zero-order valence-corrected chi connectivity index (χ0v) is 12.6. The number of sulfonamides is 1. The van der Waals surface area contributed by atoms with Gasteiger partial charge in [-0.2, -0.15) is 0 Å². The van der Waals surface area contributed by atoms with E-state index in [-0.39, 0.29) is 17.0 Å². The van der Waals surface area contributed by atoms with E-state index in [1.165, 1.54) is 43.5 Å². The van der Waals surface area contributed by atoms with Crippen LogP contribution in [0.15, 0.2) is 53.4 Å². The van der Waals surface area contributed by atoms with Gasteiger partial charge in [-0.1, -0.05) is 24.3 Å². The van der Waals surface area contributed by atoms with Gasteiger partial charge in [-0.25, -0.2) is 13.1 Å². The highest BCUT2D eigenvalue weighted by Crippen LogP contribution is 2.15. The number of benzene rings is 2. The SMILES string of the molecule is COc1ccc(S(=O)(=O)NCc2ccc(C(=O)[O-])cc2)cc1. The fourth-order valence-corrected chi connectivity index (χ4v) is 2.79. The molecule has 0 saturated carbocycles. The van der Waals surface area contributed by atoms with Crippen LogP contribution in [0.1, 0.15) is 15.9 Å². The molecule has 1 N–H and O–H groups in total. The van der Waals surface area contributed by atoms with Crippen LogP contribution in [-0.2, 0) is 16.6 Å². The van der Waals surface area contributed by atoms with Crippen LogP contribution in [0.2, 0.25) is 0 Å². The van der Waals surface area contributed by atoms with Gasteiger partial charge >= 0.3 is 0 Å². The van der Waals surface area contributed by atoms with Gasteiger partial charge in [0.25, 0.3) is 0 Å². The number of hydrogen-bond donors (Lipinski definition) is 1. The van der Waals surface area contributed by atoms with E-state index in [4.69, 9.17) is 4.74 Å². The monoisotopic (exact) mass is 320 g/mol. The molecule has 0 fully saturated rings. The van der Waals surface area contributed by atoms with Gasteiger partial charge in [0, 0.05) is 6.54 Å². The highest BCUT2D eigenvalue weighted by Gasteiger charge is 2.13. The van der Waals surface area contributed by atoms with Gasteiger partial charge in [-0.05, 0) is 35.4 Å². The molecule has 0 aromatic heterocycles. The predicted molar refractivity (Wildman–Crippen MR) is 77.8 cm³/mol. The Morgan fingerprint density at radius 2 is 1.68 bits per heavy atom. The van der Waals surface area contributed by atoms with Crippen molar-refractivity contribution in [3.8, 4) is 5.75 Å². The topological polar surface area (TPSA) is 95.5 Å². The number of hydrogen-bond acceptors (Lipinski definition) is 5. The number of ether oxygens (including phenoxy) is 1. The maximum atomic E-state index is 12.1. The lowest BCUT2D eigenvalue weighted by Gasteiger charge is -2.08. The van der Waals surface area contributed by atoms with Crippen LogP contribution >= 0.6 is 0 Å². The molecule has 0 radical (unpaired) electrons. The second kappa shape index (κ2) is 6.59. The Morgan fingerprint density at radius 3 is 2.18 bits per heavy atom. The van der Waals surface area contributed by atoms with E-state index in [0.717, 1.165) is 0 Å². The lowest BCUT2D eigenvalue weighted by atomic mass is 10.1. The maximum Gasteiger partial charge on any atom is 0.240 e. The average Bonchev–Trinajstić information content (AvgIpc) is 2.53. The molecular formula is C15H14NO5S-. The molecule has 0 aliphatic carbocycles. The summed E-state index contributed by atoms with van der Waals surface area (Å²) in [4.78, 5) is 10.8. The molecule has 0 heterocycles. The van der Waals surface area contributed by atoms with Crippen molar-refractivity contribution in [3.63, 3.8) is 0 Å². The standard InChI is InChI=1S/C15H15NO5S/c1-21-13-6-8-14(9-7-13)22(19,20)16-10-11-2-4-12(5-3-11)15(17)18/h2-9,16H,10H2,1H3,(H,17,18)/p-1. The van der Waals surface area contributed by atoms with Gasteiger partial charge < -0.3 is 14.6 Å². The summed E-state index contributed by atoms with van der Waals surface area (Å²) in [5, 5.41) is 10.6. The first-order valence-electron chi connectivity index (χ1n) is 6.36. The molecule has 0 unspecified atom stereocenters. The van der Waals surface area contributed by atoms with Crippen molar-refractivity contribution in [2.75, 3.05) is 7.11 Å². The van der Waals surface area contributed by atoms with Gasteiger partial charge in [0.15, 0.2) is 0 Å². The summed E-state index contributed by atoms with van der Waals surface area (Å²) in [7, 11) is -2.15. The third kappa shape index (κ3) is 3.84. The third-order valence-electron chi connectivity index (χ3n) is 3.03. The molecule has 7 heteroatoms. The van der Waals surface area contributed by atoms with Crippen LogP contribution in [0.25, 0.3) is 0 Å². The lowest BCUT2D eigenvalue weighted by Crippen LogP contribution is -2.24. The maximum absolute atomic E-state index is 12.1. The summed E-state index contributed by atoms with van der Waals surface area (Å²) in [6.07, 6.45) is 0. The quantitative estimate of drug-likeness (QED) is 0.838. The molecule has 2 aromatic carbocycles. The molecule has 0 saturated heterocycles. The highest BCUT2D eigenvalue weighted by molar-refractivity contribution is 7.89. The van der Waals surface area contributed by atoms with Crippen LogP contribution in [0.5, 0.6) is 5.75 Å². The Labute approximate surface area is 128 Å². The van der Waals surface area contributed by atoms with E-state index in [1.54, 1.807) is 12.1 Å². The molecule has 0 amide bonds. The summed E-state index contributed by atoms with van der Waals surface area (Å²) in [6.45, 7) is 0.0572. The van der Waals surface area contributed by atoms with E-state index in [0.29, 0.717) is 11.3 Å². The Balaban J connectivity index is 2.06. The Bertz CT molecular complexity index is 752. The largest absolute Gasteiger partial charge is 0.545 e. The molecule has 116 valence electrons. The predicted octanol–water partition coefficient (Wildman–Crippen LogP) is 0.537. The van der Waals surface area contributed by atoms with E-state index < -0.39 is 16.0 Å². The number of carboxylic acids is 1. The number of carboxylic acid groups (broad SMARTS) is 1. The van der Waals surface area contributed by atoms with Gasteiger partial charge in [0.1, 0.15) is 5.75 Å². The number of aromatic carboxylic acids is 1. The van der Waals surface area contributed by atoms with E-state index in [2.05, 4.69) is 4.72 Å². The van der Waals surface area contributed by atoms with Crippen LogP contribution < -0.4 is 14.6 Å². The molecule has 6 nitrogen and oxygen atoms in total. The van der Waals surface area contributed by atoms with Crippen molar-refractivity contribution >= 4 is 16.0 Å². The van der Waals surface area contributed by atoms with Crippen molar-refractivity contribution < 1.29 is 23.1 Å². The van der Waals surface area contributed by atoms with Crippen molar-refractivity contribution in [2.45, 2.75) is 11.4 Å². The van der Waals surface area contributed by atoms with Crippen molar-refractivity contribution in [1.29, 1.82) is 0 Å². The van der Waals surface area contributed by atoms with E-state index >= 15 is 0 Å². The number of carbonyl (C=O) groups excluding carboxylic acids is 1. The minimum absolute atomic E-state index is 0.0433. The number of methoxy groups -OCH3 is 1. The summed E-state index contributed by atoms with van der Waals surface area (Å²) in [5.74, 6) is -0.706. The van der Waals surface area contributed by atoms with Gasteiger partial charge in [-0.3, -0.25) is 0 Å². The fraction of sp³-hybridized carbons (Fsp3) is 0.133. The van der Waals surface area contributed by atoms with Crippen molar-refractivity contribution in [3.05, 3.63) is 59.7 Å². The summed E-state index contributed by atoms with van der Waals surface area (Å²) in [5.41, 5.74) is 0.684. The Kier molecular flexibility index (Phi) is 4.79. The van der Waals surface area contributed by atoms with Crippen LogP contribution in [-0.4, -0.2) is 21.5 Å². The Morgan fingerprint density at radius 1 is 1.09 bits per heavy atom. The summed E-state index contributed by atoms with van der Waals surface area (Å²) in [6, 6.07) is 11.8. The van der Waals surface area contributed by atoms with E-state index in [1.807, 2.05) is 0 Å². The molecule has 2 rings (SSSR count). The average molecular weight is 320 g/mol. The zero-order chi connectivity index (χ0) is 16.2. The van der Waals surface area contributed by atoms with Crippen LogP contribution in [0.4, 0.5) is 0 Å². The molecule has 22 heavy (non-hydrogen) atoms. The molecule has 0 aliphatic heterocycles. The molecule has 2 aromatic rings. The fourth-order valence-electron chi connectivity index (χ4n) is 1.78.